The van der Waals surface area contributed by atoms with Gasteiger partial charge in [-0.1, -0.05) is 60.7 Å². The maximum absolute atomic E-state index is 13.8. The van der Waals surface area contributed by atoms with Gasteiger partial charge in [0, 0.05) is 13.1 Å². The lowest BCUT2D eigenvalue weighted by atomic mass is 10.2. The molecule has 3 aromatic carbocycles. The first-order valence-corrected chi connectivity index (χ1v) is 12.3. The van der Waals surface area contributed by atoms with E-state index in [1.54, 1.807) is 7.05 Å². The van der Waals surface area contributed by atoms with Gasteiger partial charge < -0.3 is 24.3 Å². The highest BCUT2D eigenvalue weighted by Crippen LogP contribution is 2.22. The quantitative estimate of drug-likeness (QED) is 0.312. The Labute approximate surface area is 222 Å². The zero-order chi connectivity index (χ0) is 27.2. The summed E-state index contributed by atoms with van der Waals surface area (Å²) in [6.07, 6.45) is -0.534. The SMILES string of the molecule is CNCCN(C(=O)OCc1ccccc1)C(COCc1ccccc1)COc1ccc(F)cc1C(=O)OC. The van der Waals surface area contributed by atoms with E-state index in [-0.39, 0.29) is 31.1 Å². The lowest BCUT2D eigenvalue weighted by molar-refractivity contribution is 0.0190. The zero-order valence-electron chi connectivity index (χ0n) is 21.6. The Morgan fingerprint density at radius 3 is 2.21 bits per heavy atom. The molecule has 3 rings (SSSR count). The van der Waals surface area contributed by atoms with Gasteiger partial charge >= 0.3 is 12.1 Å². The van der Waals surface area contributed by atoms with Gasteiger partial charge in [0.15, 0.2) is 0 Å². The molecule has 0 spiro atoms. The van der Waals surface area contributed by atoms with Crippen molar-refractivity contribution in [3.8, 4) is 5.75 Å². The van der Waals surface area contributed by atoms with Crippen molar-refractivity contribution in [2.75, 3.05) is 40.5 Å². The monoisotopic (exact) mass is 524 g/mol. The Balaban J connectivity index is 1.78. The predicted octanol–water partition coefficient (Wildman–Crippen LogP) is 4.43. The normalized spacial score (nSPS) is 11.4. The van der Waals surface area contributed by atoms with Gasteiger partial charge in [-0.3, -0.25) is 4.90 Å². The van der Waals surface area contributed by atoms with E-state index in [2.05, 4.69) is 5.32 Å². The van der Waals surface area contributed by atoms with E-state index < -0.39 is 23.9 Å². The second kappa shape index (κ2) is 15.3. The van der Waals surface area contributed by atoms with Crippen LogP contribution in [0, 0.1) is 5.82 Å². The molecule has 1 amide bonds. The lowest BCUT2D eigenvalue weighted by Gasteiger charge is -2.31. The highest BCUT2D eigenvalue weighted by atomic mass is 19.1. The van der Waals surface area contributed by atoms with Gasteiger partial charge in [0.25, 0.3) is 0 Å². The van der Waals surface area contributed by atoms with Crippen LogP contribution in [0.5, 0.6) is 5.75 Å². The number of esters is 1. The molecule has 0 bridgehead atoms. The van der Waals surface area contributed by atoms with Gasteiger partial charge in [-0.05, 0) is 36.4 Å². The maximum Gasteiger partial charge on any atom is 0.410 e. The average molecular weight is 525 g/mol. The molecule has 0 aromatic heterocycles. The van der Waals surface area contributed by atoms with Crippen LogP contribution in [-0.2, 0) is 27.4 Å². The second-order valence-electron chi connectivity index (χ2n) is 8.43. The van der Waals surface area contributed by atoms with Crippen molar-refractivity contribution in [2.45, 2.75) is 19.3 Å². The number of hydrogen-bond donors (Lipinski definition) is 1. The minimum Gasteiger partial charge on any atom is -0.490 e. The summed E-state index contributed by atoms with van der Waals surface area (Å²) in [5, 5.41) is 3.04. The molecule has 1 N–H and O–H groups in total. The first-order chi connectivity index (χ1) is 18.5. The maximum atomic E-state index is 13.8. The number of likely N-dealkylation sites (N-methyl/N-ethyl adjacent to an activating group) is 1. The zero-order valence-corrected chi connectivity index (χ0v) is 21.6. The van der Waals surface area contributed by atoms with Crippen LogP contribution < -0.4 is 10.1 Å². The molecule has 202 valence electrons. The first kappa shape index (κ1) is 28.6. The number of rotatable bonds is 14. The number of amides is 1. The standard InChI is InChI=1S/C29H33FN2O6/c1-31-15-16-32(29(34)38-19-23-11-7-4-8-12-23)25(20-36-18-22-9-5-3-6-10-22)21-37-27-14-13-24(30)17-26(27)28(33)35-2/h3-14,17,25,31H,15-16,18-21H2,1-2H3. The molecule has 1 atom stereocenters. The number of nitrogens with zero attached hydrogens (tertiary/aromatic N) is 1. The van der Waals surface area contributed by atoms with Crippen molar-refractivity contribution in [1.82, 2.24) is 10.2 Å². The Hall–Kier alpha value is -3.95. The average Bonchev–Trinajstić information content (AvgIpc) is 2.95. The molecule has 0 heterocycles. The van der Waals surface area contributed by atoms with Crippen LogP contribution in [0.1, 0.15) is 21.5 Å². The molecular weight excluding hydrogens is 491 g/mol. The van der Waals surface area contributed by atoms with Gasteiger partial charge in [0.2, 0.25) is 0 Å². The topological polar surface area (TPSA) is 86.3 Å². The third-order valence-corrected chi connectivity index (χ3v) is 5.68. The van der Waals surface area contributed by atoms with Crippen LogP contribution >= 0.6 is 0 Å². The van der Waals surface area contributed by atoms with E-state index in [4.69, 9.17) is 18.9 Å². The fraction of sp³-hybridized carbons (Fsp3) is 0.310. The predicted molar refractivity (Wildman–Crippen MR) is 140 cm³/mol. The molecule has 0 aliphatic carbocycles. The van der Waals surface area contributed by atoms with Gasteiger partial charge in [-0.2, -0.15) is 0 Å². The fourth-order valence-electron chi connectivity index (χ4n) is 3.66. The molecule has 38 heavy (non-hydrogen) atoms. The van der Waals surface area contributed by atoms with Gasteiger partial charge in [-0.25, -0.2) is 14.0 Å². The summed E-state index contributed by atoms with van der Waals surface area (Å²) in [4.78, 5) is 26.9. The van der Waals surface area contributed by atoms with E-state index in [9.17, 15) is 14.0 Å². The van der Waals surface area contributed by atoms with Crippen LogP contribution in [0.4, 0.5) is 9.18 Å². The highest BCUT2D eigenvalue weighted by Gasteiger charge is 2.27. The molecule has 3 aromatic rings. The summed E-state index contributed by atoms with van der Waals surface area (Å²) < 4.78 is 36.1. The summed E-state index contributed by atoms with van der Waals surface area (Å²) in [5.41, 5.74) is 1.79. The van der Waals surface area contributed by atoms with Crippen LogP contribution in [-0.4, -0.2) is 63.5 Å². The molecule has 0 fully saturated rings. The van der Waals surface area contributed by atoms with Crippen molar-refractivity contribution in [2.24, 2.45) is 0 Å². The third-order valence-electron chi connectivity index (χ3n) is 5.68. The molecule has 8 nitrogen and oxygen atoms in total. The molecule has 0 aliphatic heterocycles. The Kier molecular flexibility index (Phi) is 11.5. The number of nitrogens with one attached hydrogen (secondary N) is 1. The molecule has 0 saturated heterocycles. The number of halogens is 1. The van der Waals surface area contributed by atoms with E-state index in [0.29, 0.717) is 19.7 Å². The van der Waals surface area contributed by atoms with E-state index in [1.807, 2.05) is 60.7 Å². The van der Waals surface area contributed by atoms with Gasteiger partial charge in [0.1, 0.15) is 30.3 Å². The molecule has 0 aliphatic rings. The van der Waals surface area contributed by atoms with Crippen LogP contribution in [0.2, 0.25) is 0 Å². The Morgan fingerprint density at radius 1 is 0.921 bits per heavy atom. The van der Waals surface area contributed by atoms with E-state index in [0.717, 1.165) is 17.2 Å². The number of ether oxygens (including phenoxy) is 4. The van der Waals surface area contributed by atoms with E-state index in [1.165, 1.54) is 24.1 Å². The summed E-state index contributed by atoms with van der Waals surface area (Å²) in [7, 11) is 2.99. The summed E-state index contributed by atoms with van der Waals surface area (Å²) in [6.45, 7) is 1.36. The molecule has 1 unspecified atom stereocenters. The summed E-state index contributed by atoms with van der Waals surface area (Å²) in [6, 6.07) is 22.0. The molecule has 9 heteroatoms. The van der Waals surface area contributed by atoms with Crippen molar-refractivity contribution < 1.29 is 32.9 Å². The van der Waals surface area contributed by atoms with Crippen molar-refractivity contribution >= 4 is 12.1 Å². The van der Waals surface area contributed by atoms with E-state index >= 15 is 0 Å². The Morgan fingerprint density at radius 2 is 1.58 bits per heavy atom. The van der Waals surface area contributed by atoms with Crippen LogP contribution in [0.3, 0.4) is 0 Å². The van der Waals surface area contributed by atoms with Crippen LogP contribution in [0.15, 0.2) is 78.9 Å². The first-order valence-electron chi connectivity index (χ1n) is 12.3. The molecule has 0 saturated carbocycles. The minimum atomic E-state index is -0.731. The number of hydrogen-bond acceptors (Lipinski definition) is 7. The van der Waals surface area contributed by atoms with Crippen molar-refractivity contribution in [3.05, 3.63) is 101 Å². The largest absolute Gasteiger partial charge is 0.490 e. The van der Waals surface area contributed by atoms with Crippen LogP contribution in [0.25, 0.3) is 0 Å². The summed E-state index contributed by atoms with van der Waals surface area (Å²) in [5.74, 6) is -1.19. The smallest absolute Gasteiger partial charge is 0.410 e. The molecular formula is C29H33FN2O6. The van der Waals surface area contributed by atoms with Crippen molar-refractivity contribution in [1.29, 1.82) is 0 Å². The second-order valence-corrected chi connectivity index (χ2v) is 8.43. The van der Waals surface area contributed by atoms with Gasteiger partial charge in [0.05, 0.1) is 26.4 Å². The third kappa shape index (κ3) is 8.86. The highest BCUT2D eigenvalue weighted by molar-refractivity contribution is 5.92. The van der Waals surface area contributed by atoms with Gasteiger partial charge in [-0.15, -0.1) is 0 Å². The van der Waals surface area contributed by atoms with Crippen molar-refractivity contribution in [3.63, 3.8) is 0 Å². The molecule has 0 radical (unpaired) electrons. The summed E-state index contributed by atoms with van der Waals surface area (Å²) >= 11 is 0. The number of carbonyl (C=O) groups is 2. The Bertz CT molecular complexity index is 1150. The lowest BCUT2D eigenvalue weighted by Crippen LogP contribution is -2.49. The minimum absolute atomic E-state index is 0.0332. The number of methoxy groups -OCH3 is 1. The fourth-order valence-corrected chi connectivity index (χ4v) is 3.66. The number of benzene rings is 3. The number of carbonyl (C=O) groups excluding carboxylic acids is 2.